The molecule has 20 heavy (non-hydrogen) atoms. The third-order valence-corrected chi connectivity index (χ3v) is 3.55. The third kappa shape index (κ3) is 2.96. The minimum atomic E-state index is -1.02. The zero-order valence-corrected chi connectivity index (χ0v) is 12.0. The van der Waals surface area contributed by atoms with Crippen LogP contribution in [0.25, 0.3) is 0 Å². The lowest BCUT2D eigenvalue weighted by atomic mass is 10.2. The fraction of sp³-hybridized carbons (Fsp3) is 0. The number of hydrogen-bond acceptors (Lipinski definition) is 1. The summed E-state index contributed by atoms with van der Waals surface area (Å²) in [6.45, 7) is 0. The van der Waals surface area contributed by atoms with Gasteiger partial charge in [0.2, 0.25) is 0 Å². The number of amides is 1. The van der Waals surface area contributed by atoms with Crippen molar-refractivity contribution in [2.24, 2.45) is 0 Å². The molecule has 7 heteroatoms. The molecule has 104 valence electrons. The van der Waals surface area contributed by atoms with Gasteiger partial charge in [0, 0.05) is 6.07 Å². The quantitative estimate of drug-likeness (QED) is 0.817. The standard InChI is InChI=1S/C13H6BrClF3NO/c14-11-7(2-1-3-9(11)17)13(20)19-12-8(15)4-6(16)5-10(12)18/h1-5H,(H,19,20). The van der Waals surface area contributed by atoms with Crippen LogP contribution in [0.2, 0.25) is 5.02 Å². The van der Waals surface area contributed by atoms with E-state index in [0.717, 1.165) is 12.1 Å². The van der Waals surface area contributed by atoms with Gasteiger partial charge in [-0.1, -0.05) is 17.7 Å². The van der Waals surface area contributed by atoms with Crippen LogP contribution in [0.3, 0.4) is 0 Å². The number of anilines is 1. The van der Waals surface area contributed by atoms with Gasteiger partial charge >= 0.3 is 0 Å². The average Bonchev–Trinajstić information content (AvgIpc) is 2.36. The molecule has 0 saturated heterocycles. The summed E-state index contributed by atoms with van der Waals surface area (Å²) < 4.78 is 39.7. The topological polar surface area (TPSA) is 29.1 Å². The summed E-state index contributed by atoms with van der Waals surface area (Å²) in [5, 5.41) is 1.89. The Hall–Kier alpha value is -1.53. The van der Waals surface area contributed by atoms with Gasteiger partial charge < -0.3 is 5.32 Å². The highest BCUT2D eigenvalue weighted by atomic mass is 79.9. The van der Waals surface area contributed by atoms with Crippen molar-refractivity contribution in [1.29, 1.82) is 0 Å². The molecule has 2 aromatic carbocycles. The van der Waals surface area contributed by atoms with Gasteiger partial charge in [0.1, 0.15) is 11.6 Å². The predicted octanol–water partition coefficient (Wildman–Crippen LogP) is 4.77. The molecule has 2 nitrogen and oxygen atoms in total. The second-order valence-electron chi connectivity index (χ2n) is 3.80. The second kappa shape index (κ2) is 5.85. The Balaban J connectivity index is 2.36. The average molecular weight is 365 g/mol. The van der Waals surface area contributed by atoms with Gasteiger partial charge in [-0.05, 0) is 34.1 Å². The zero-order chi connectivity index (χ0) is 14.9. The molecule has 0 aliphatic heterocycles. The van der Waals surface area contributed by atoms with Crippen LogP contribution >= 0.6 is 27.5 Å². The first-order chi connectivity index (χ1) is 9.40. The van der Waals surface area contributed by atoms with E-state index in [1.54, 1.807) is 0 Å². The van der Waals surface area contributed by atoms with Crippen LogP contribution in [0.1, 0.15) is 10.4 Å². The Labute approximate surface area is 125 Å². The van der Waals surface area contributed by atoms with Gasteiger partial charge in [0.15, 0.2) is 5.82 Å². The largest absolute Gasteiger partial charge is 0.318 e. The van der Waals surface area contributed by atoms with E-state index in [2.05, 4.69) is 21.2 Å². The van der Waals surface area contributed by atoms with Crippen LogP contribution in [0.5, 0.6) is 0 Å². The summed E-state index contributed by atoms with van der Waals surface area (Å²) in [5.41, 5.74) is -0.404. The predicted molar refractivity (Wildman–Crippen MR) is 73.4 cm³/mol. The molecule has 0 heterocycles. The summed E-state index contributed by atoms with van der Waals surface area (Å²) in [6, 6.07) is 5.28. The Morgan fingerprint density at radius 3 is 2.50 bits per heavy atom. The summed E-state index contributed by atoms with van der Waals surface area (Å²) in [5.74, 6) is -3.29. The second-order valence-corrected chi connectivity index (χ2v) is 5.00. The Bertz CT molecular complexity index is 670. The SMILES string of the molecule is O=C(Nc1c(F)cc(F)cc1Cl)c1cccc(F)c1Br. The fourth-order valence-electron chi connectivity index (χ4n) is 1.52. The molecule has 0 saturated carbocycles. The van der Waals surface area contributed by atoms with Crippen LogP contribution in [-0.2, 0) is 0 Å². The Morgan fingerprint density at radius 2 is 1.85 bits per heavy atom. The summed E-state index contributed by atoms with van der Waals surface area (Å²) >= 11 is 8.58. The minimum absolute atomic E-state index is 0.0372. The highest BCUT2D eigenvalue weighted by Crippen LogP contribution is 2.28. The molecule has 0 spiro atoms. The van der Waals surface area contributed by atoms with Gasteiger partial charge in [-0.15, -0.1) is 0 Å². The normalized spacial score (nSPS) is 10.4. The Morgan fingerprint density at radius 1 is 1.15 bits per heavy atom. The van der Waals surface area contributed by atoms with Crippen LogP contribution in [-0.4, -0.2) is 5.91 Å². The molecule has 2 rings (SSSR count). The van der Waals surface area contributed by atoms with Crippen LogP contribution in [0, 0.1) is 17.5 Å². The maximum atomic E-state index is 13.5. The minimum Gasteiger partial charge on any atom is -0.318 e. The smallest absolute Gasteiger partial charge is 0.257 e. The molecular weight excluding hydrogens is 358 g/mol. The van der Waals surface area contributed by atoms with E-state index in [4.69, 9.17) is 11.6 Å². The summed E-state index contributed by atoms with van der Waals surface area (Å²) in [4.78, 5) is 11.9. The lowest BCUT2D eigenvalue weighted by Crippen LogP contribution is -2.14. The van der Waals surface area contributed by atoms with Crippen molar-refractivity contribution in [2.45, 2.75) is 0 Å². The van der Waals surface area contributed by atoms with E-state index < -0.39 is 23.4 Å². The molecular formula is C13H6BrClF3NO. The Kier molecular flexibility index (Phi) is 4.35. The number of carbonyl (C=O) groups is 1. The molecule has 0 aromatic heterocycles. The van der Waals surface area contributed by atoms with Gasteiger partial charge in [-0.2, -0.15) is 0 Å². The first kappa shape index (κ1) is 14.9. The molecule has 0 aliphatic carbocycles. The summed E-state index contributed by atoms with van der Waals surface area (Å²) in [6.07, 6.45) is 0. The number of benzene rings is 2. The first-order valence-corrected chi connectivity index (χ1v) is 6.47. The first-order valence-electron chi connectivity index (χ1n) is 5.30. The fourth-order valence-corrected chi connectivity index (χ4v) is 2.21. The van der Waals surface area contributed by atoms with E-state index in [-0.39, 0.29) is 20.7 Å². The van der Waals surface area contributed by atoms with Crippen molar-refractivity contribution in [2.75, 3.05) is 5.32 Å². The van der Waals surface area contributed by atoms with Crippen molar-refractivity contribution in [1.82, 2.24) is 0 Å². The third-order valence-electron chi connectivity index (χ3n) is 2.44. The maximum Gasteiger partial charge on any atom is 0.257 e. The van der Waals surface area contributed by atoms with Gasteiger partial charge in [-0.25, -0.2) is 13.2 Å². The van der Waals surface area contributed by atoms with Gasteiger partial charge in [0.05, 0.1) is 20.7 Å². The molecule has 1 amide bonds. The molecule has 0 fully saturated rings. The van der Waals surface area contributed by atoms with Crippen molar-refractivity contribution in [3.63, 3.8) is 0 Å². The van der Waals surface area contributed by atoms with Crippen LogP contribution in [0.15, 0.2) is 34.8 Å². The van der Waals surface area contributed by atoms with E-state index in [1.165, 1.54) is 12.1 Å². The highest BCUT2D eigenvalue weighted by molar-refractivity contribution is 9.10. The number of rotatable bonds is 2. The van der Waals surface area contributed by atoms with Crippen LogP contribution < -0.4 is 5.32 Å². The molecule has 2 aromatic rings. The van der Waals surface area contributed by atoms with Crippen molar-refractivity contribution >= 4 is 39.1 Å². The lowest BCUT2D eigenvalue weighted by molar-refractivity contribution is 0.102. The van der Waals surface area contributed by atoms with Crippen molar-refractivity contribution < 1.29 is 18.0 Å². The van der Waals surface area contributed by atoms with E-state index in [9.17, 15) is 18.0 Å². The van der Waals surface area contributed by atoms with Gasteiger partial charge in [-0.3, -0.25) is 4.79 Å². The van der Waals surface area contributed by atoms with E-state index in [1.807, 2.05) is 0 Å². The monoisotopic (exact) mass is 363 g/mol. The van der Waals surface area contributed by atoms with Gasteiger partial charge in [0.25, 0.3) is 5.91 Å². The lowest BCUT2D eigenvalue weighted by Gasteiger charge is -2.10. The molecule has 0 radical (unpaired) electrons. The molecule has 0 unspecified atom stereocenters. The maximum absolute atomic E-state index is 13.5. The number of nitrogens with one attached hydrogen (secondary N) is 1. The van der Waals surface area contributed by atoms with Crippen LogP contribution in [0.4, 0.5) is 18.9 Å². The molecule has 0 aliphatic rings. The highest BCUT2D eigenvalue weighted by Gasteiger charge is 2.17. The number of hydrogen-bond donors (Lipinski definition) is 1. The number of carbonyl (C=O) groups excluding carboxylic acids is 1. The zero-order valence-electron chi connectivity index (χ0n) is 9.68. The molecule has 0 bridgehead atoms. The van der Waals surface area contributed by atoms with E-state index in [0.29, 0.717) is 6.07 Å². The summed E-state index contributed by atoms with van der Waals surface area (Å²) in [7, 11) is 0. The number of halogens is 5. The van der Waals surface area contributed by atoms with E-state index >= 15 is 0 Å². The van der Waals surface area contributed by atoms with Crippen molar-refractivity contribution in [3.8, 4) is 0 Å². The molecule has 1 N–H and O–H groups in total. The molecule has 0 atom stereocenters. The van der Waals surface area contributed by atoms with Crippen molar-refractivity contribution in [3.05, 3.63) is 62.8 Å².